The number of aliphatic hydroxyl groups excluding tert-OH is 1. The van der Waals surface area contributed by atoms with E-state index < -0.39 is 6.61 Å². The molecule has 0 aromatic heterocycles. The Hall–Kier alpha value is -1.75. The number of aliphatic hydroxyl groups is 1. The molecule has 1 aromatic carbocycles. The fourth-order valence-corrected chi connectivity index (χ4v) is 1.70. The maximum atomic E-state index is 10.9. The van der Waals surface area contributed by atoms with Gasteiger partial charge in [0.1, 0.15) is 18.1 Å². The Morgan fingerprint density at radius 2 is 1.94 bits per heavy atom. The number of nitrogens with one attached hydrogen (secondary N) is 1. The molecule has 0 aliphatic rings. The quantitative estimate of drug-likeness (QED) is 0.781. The second kappa shape index (κ2) is 6.86. The van der Waals surface area contributed by atoms with Crippen molar-refractivity contribution >= 4 is 5.91 Å². The van der Waals surface area contributed by atoms with Crippen molar-refractivity contribution in [2.45, 2.75) is 13.3 Å². The zero-order chi connectivity index (χ0) is 13.5. The second-order valence-electron chi connectivity index (χ2n) is 3.89. The number of amides is 1. The van der Waals surface area contributed by atoms with Gasteiger partial charge in [-0.15, -0.1) is 0 Å². The third-order valence-corrected chi connectivity index (χ3v) is 2.66. The van der Waals surface area contributed by atoms with Gasteiger partial charge in [-0.05, 0) is 36.6 Å². The van der Waals surface area contributed by atoms with Crippen molar-refractivity contribution in [2.75, 3.05) is 27.4 Å². The van der Waals surface area contributed by atoms with Crippen molar-refractivity contribution in [1.29, 1.82) is 0 Å². The summed E-state index contributed by atoms with van der Waals surface area (Å²) in [5.41, 5.74) is 1.95. The molecular formula is C13H19NO4. The monoisotopic (exact) mass is 253 g/mol. The summed E-state index contributed by atoms with van der Waals surface area (Å²) in [6.45, 7) is 1.90. The number of carbonyl (C=O) groups is 1. The van der Waals surface area contributed by atoms with Crippen LogP contribution >= 0.6 is 0 Å². The molecule has 0 spiro atoms. The molecule has 1 rings (SSSR count). The number of carbonyl (C=O) groups excluding carboxylic acids is 1. The summed E-state index contributed by atoms with van der Waals surface area (Å²) in [6.07, 6.45) is 0.617. The highest BCUT2D eigenvalue weighted by molar-refractivity contribution is 5.76. The van der Waals surface area contributed by atoms with Crippen molar-refractivity contribution < 1.29 is 19.4 Å². The van der Waals surface area contributed by atoms with Gasteiger partial charge in [0.25, 0.3) is 0 Å². The second-order valence-corrected chi connectivity index (χ2v) is 3.89. The lowest BCUT2D eigenvalue weighted by Crippen LogP contribution is -2.28. The van der Waals surface area contributed by atoms with Gasteiger partial charge < -0.3 is 19.9 Å². The van der Waals surface area contributed by atoms with Gasteiger partial charge in [0.2, 0.25) is 5.91 Å². The van der Waals surface area contributed by atoms with Gasteiger partial charge >= 0.3 is 0 Å². The molecule has 0 fully saturated rings. The number of aryl methyl sites for hydroxylation is 1. The third-order valence-electron chi connectivity index (χ3n) is 2.66. The lowest BCUT2D eigenvalue weighted by atomic mass is 10.1. The molecule has 0 aliphatic carbocycles. The van der Waals surface area contributed by atoms with Crippen molar-refractivity contribution in [3.8, 4) is 11.5 Å². The van der Waals surface area contributed by atoms with Crippen molar-refractivity contribution in [3.63, 3.8) is 0 Å². The van der Waals surface area contributed by atoms with Crippen LogP contribution in [0.1, 0.15) is 11.1 Å². The van der Waals surface area contributed by atoms with Crippen LogP contribution in [0.3, 0.4) is 0 Å². The Morgan fingerprint density at radius 3 is 2.50 bits per heavy atom. The topological polar surface area (TPSA) is 67.8 Å². The molecule has 0 bridgehead atoms. The van der Waals surface area contributed by atoms with E-state index in [2.05, 4.69) is 5.32 Å². The van der Waals surface area contributed by atoms with Crippen molar-refractivity contribution in [2.24, 2.45) is 0 Å². The maximum absolute atomic E-state index is 10.9. The van der Waals surface area contributed by atoms with Gasteiger partial charge in [0.05, 0.1) is 14.2 Å². The molecule has 0 heterocycles. The van der Waals surface area contributed by atoms with E-state index in [0.29, 0.717) is 13.0 Å². The van der Waals surface area contributed by atoms with Gasteiger partial charge in [0.15, 0.2) is 0 Å². The largest absolute Gasteiger partial charge is 0.496 e. The summed E-state index contributed by atoms with van der Waals surface area (Å²) in [6, 6.07) is 3.81. The van der Waals surface area contributed by atoms with Crippen LogP contribution in [0.25, 0.3) is 0 Å². The normalized spacial score (nSPS) is 10.0. The average molecular weight is 253 g/mol. The number of ether oxygens (including phenoxy) is 2. The molecule has 5 nitrogen and oxygen atoms in total. The van der Waals surface area contributed by atoms with Crippen LogP contribution in [0.4, 0.5) is 0 Å². The van der Waals surface area contributed by atoms with Gasteiger partial charge in [-0.25, -0.2) is 0 Å². The molecule has 1 amide bonds. The number of benzene rings is 1. The lowest BCUT2D eigenvalue weighted by Gasteiger charge is -2.13. The van der Waals surface area contributed by atoms with Gasteiger partial charge in [0, 0.05) is 6.54 Å². The maximum Gasteiger partial charge on any atom is 0.245 e. The third kappa shape index (κ3) is 3.63. The first kappa shape index (κ1) is 14.3. The average Bonchev–Trinajstić information content (AvgIpc) is 2.39. The molecule has 0 saturated carbocycles. The molecular weight excluding hydrogens is 234 g/mol. The first-order valence-corrected chi connectivity index (χ1v) is 5.71. The number of hydrogen-bond donors (Lipinski definition) is 2. The summed E-state index contributed by atoms with van der Waals surface area (Å²) in [5, 5.41) is 11.2. The van der Waals surface area contributed by atoms with E-state index in [1.54, 1.807) is 14.2 Å². The van der Waals surface area contributed by atoms with Crippen molar-refractivity contribution in [3.05, 3.63) is 23.3 Å². The highest BCUT2D eigenvalue weighted by atomic mass is 16.5. The Morgan fingerprint density at radius 1 is 1.28 bits per heavy atom. The predicted molar refractivity (Wildman–Crippen MR) is 68.1 cm³/mol. The molecule has 18 heavy (non-hydrogen) atoms. The van der Waals surface area contributed by atoms with Gasteiger partial charge in [-0.3, -0.25) is 4.79 Å². The number of methoxy groups -OCH3 is 2. The zero-order valence-electron chi connectivity index (χ0n) is 10.9. The Labute approximate surface area is 107 Å². The molecule has 0 aliphatic heterocycles. The highest BCUT2D eigenvalue weighted by Crippen LogP contribution is 2.28. The van der Waals surface area contributed by atoms with Crippen LogP contribution in [0.15, 0.2) is 12.1 Å². The zero-order valence-corrected chi connectivity index (χ0v) is 10.9. The first-order valence-electron chi connectivity index (χ1n) is 5.71. The summed E-state index contributed by atoms with van der Waals surface area (Å²) in [7, 11) is 3.23. The Bertz CT molecular complexity index is 418. The van der Waals surface area contributed by atoms with Crippen LogP contribution in [-0.2, 0) is 11.2 Å². The summed E-state index contributed by atoms with van der Waals surface area (Å²) < 4.78 is 10.5. The fraction of sp³-hybridized carbons (Fsp3) is 0.462. The predicted octanol–water partition coefficient (Wildman–Crippen LogP) is 0.663. The molecule has 1 aromatic rings. The van der Waals surface area contributed by atoms with Crippen LogP contribution in [0.5, 0.6) is 11.5 Å². The van der Waals surface area contributed by atoms with Gasteiger partial charge in [-0.1, -0.05) is 0 Å². The fourth-order valence-electron chi connectivity index (χ4n) is 1.70. The summed E-state index contributed by atoms with van der Waals surface area (Å²) in [4.78, 5) is 10.9. The standard InChI is InChI=1S/C13H19NO4/c1-9-6-12(18-3)10(7-11(9)17-2)4-5-14-13(16)8-15/h6-7,15H,4-5,8H2,1-3H3,(H,14,16). The minimum absolute atomic E-state index is 0.381. The Kier molecular flexibility index (Phi) is 5.45. The van der Waals surface area contributed by atoms with Crippen LogP contribution < -0.4 is 14.8 Å². The SMILES string of the molecule is COc1cc(CCNC(=O)CO)c(OC)cc1C. The summed E-state index contributed by atoms with van der Waals surface area (Å²) >= 11 is 0. The molecule has 0 saturated heterocycles. The minimum Gasteiger partial charge on any atom is -0.496 e. The lowest BCUT2D eigenvalue weighted by molar-refractivity contribution is -0.123. The number of hydrogen-bond acceptors (Lipinski definition) is 4. The van der Waals surface area contributed by atoms with Crippen LogP contribution in [0, 0.1) is 6.92 Å². The van der Waals surface area contributed by atoms with Crippen LogP contribution in [-0.4, -0.2) is 38.4 Å². The smallest absolute Gasteiger partial charge is 0.245 e. The van der Waals surface area contributed by atoms with E-state index in [1.807, 2.05) is 19.1 Å². The Balaban J connectivity index is 2.76. The van der Waals surface area contributed by atoms with Gasteiger partial charge in [-0.2, -0.15) is 0 Å². The highest BCUT2D eigenvalue weighted by Gasteiger charge is 2.08. The minimum atomic E-state index is -0.492. The molecule has 2 N–H and O–H groups in total. The van der Waals surface area contributed by atoms with E-state index in [0.717, 1.165) is 22.6 Å². The van der Waals surface area contributed by atoms with Crippen molar-refractivity contribution in [1.82, 2.24) is 5.32 Å². The number of rotatable bonds is 6. The molecule has 0 atom stereocenters. The first-order chi connectivity index (χ1) is 8.62. The molecule has 0 radical (unpaired) electrons. The van der Waals surface area contributed by atoms with Crippen LogP contribution in [0.2, 0.25) is 0 Å². The molecule has 5 heteroatoms. The molecule has 100 valence electrons. The van der Waals surface area contributed by atoms with E-state index in [-0.39, 0.29) is 5.91 Å². The van der Waals surface area contributed by atoms with E-state index in [9.17, 15) is 4.79 Å². The van der Waals surface area contributed by atoms with E-state index >= 15 is 0 Å². The van der Waals surface area contributed by atoms with E-state index in [1.165, 1.54) is 0 Å². The van der Waals surface area contributed by atoms with E-state index in [4.69, 9.17) is 14.6 Å². The summed E-state index contributed by atoms with van der Waals surface area (Å²) in [5.74, 6) is 1.18. The molecule has 0 unspecified atom stereocenters.